The van der Waals surface area contributed by atoms with E-state index in [1.54, 1.807) is 6.92 Å². The van der Waals surface area contributed by atoms with E-state index in [1.165, 1.54) is 0 Å². The van der Waals surface area contributed by atoms with Gasteiger partial charge < -0.3 is 5.11 Å². The van der Waals surface area contributed by atoms with Gasteiger partial charge in [-0.05, 0) is 39.0 Å². The zero-order valence-corrected chi connectivity index (χ0v) is 9.38. The Kier molecular flexibility index (Phi) is 4.11. The predicted octanol–water partition coefficient (Wildman–Crippen LogP) is 2.69. The number of Topliss-reactive ketones (excluding diaryl/α,β-unsaturated/α-hetero) is 1. The predicted molar refractivity (Wildman–Crippen MR) is 57.1 cm³/mol. The third kappa shape index (κ3) is 3.09. The van der Waals surface area contributed by atoms with Gasteiger partial charge in [0.2, 0.25) is 0 Å². The van der Waals surface area contributed by atoms with Crippen molar-refractivity contribution in [2.75, 3.05) is 0 Å². The molecule has 1 N–H and O–H groups in total. The van der Waals surface area contributed by atoms with Crippen molar-refractivity contribution in [3.8, 4) is 0 Å². The van der Waals surface area contributed by atoms with Crippen molar-refractivity contribution in [3.05, 3.63) is 0 Å². The summed E-state index contributed by atoms with van der Waals surface area (Å²) in [4.78, 5) is 11.1. The van der Waals surface area contributed by atoms with E-state index in [0.717, 1.165) is 44.9 Å². The van der Waals surface area contributed by atoms with Crippen LogP contribution in [0.1, 0.15) is 58.8 Å². The zero-order chi connectivity index (χ0) is 10.6. The second-order valence-electron chi connectivity index (χ2n) is 4.71. The summed E-state index contributed by atoms with van der Waals surface area (Å²) in [5.74, 6) is 0.513. The molecule has 2 heteroatoms. The Bertz CT molecular complexity index is 190. The lowest BCUT2D eigenvalue weighted by molar-refractivity contribution is -0.123. The van der Waals surface area contributed by atoms with Crippen molar-refractivity contribution < 1.29 is 9.90 Å². The molecule has 0 bridgehead atoms. The molecule has 0 heterocycles. The number of rotatable bonds is 4. The number of aliphatic hydroxyl groups is 1. The van der Waals surface area contributed by atoms with Crippen LogP contribution >= 0.6 is 0 Å². The summed E-state index contributed by atoms with van der Waals surface area (Å²) in [6.45, 7) is 3.81. The van der Waals surface area contributed by atoms with E-state index >= 15 is 0 Å². The van der Waals surface area contributed by atoms with Crippen LogP contribution in [-0.4, -0.2) is 16.5 Å². The Morgan fingerprint density at radius 2 is 2.00 bits per heavy atom. The number of hydrogen-bond acceptors (Lipinski definition) is 2. The maximum atomic E-state index is 11.1. The van der Waals surface area contributed by atoms with Crippen LogP contribution in [0.3, 0.4) is 0 Å². The summed E-state index contributed by atoms with van der Waals surface area (Å²) in [5.41, 5.74) is -0.456. The second-order valence-corrected chi connectivity index (χ2v) is 4.71. The van der Waals surface area contributed by atoms with E-state index < -0.39 is 5.60 Å². The third-order valence-electron chi connectivity index (χ3n) is 3.49. The number of ketones is 1. The minimum atomic E-state index is -0.456. The van der Waals surface area contributed by atoms with Crippen molar-refractivity contribution in [2.45, 2.75) is 64.4 Å². The summed E-state index contributed by atoms with van der Waals surface area (Å²) >= 11 is 0. The van der Waals surface area contributed by atoms with Gasteiger partial charge in [-0.25, -0.2) is 0 Å². The van der Waals surface area contributed by atoms with Gasteiger partial charge >= 0.3 is 0 Å². The van der Waals surface area contributed by atoms with Crippen LogP contribution in [0.5, 0.6) is 0 Å². The summed E-state index contributed by atoms with van der Waals surface area (Å²) in [7, 11) is 0. The molecule has 0 aliphatic heterocycles. The molecule has 0 atom stereocenters. The quantitative estimate of drug-likeness (QED) is 0.754. The molecular weight excluding hydrogens is 176 g/mol. The molecule has 0 aromatic rings. The fraction of sp³-hybridized carbons (Fsp3) is 0.917. The van der Waals surface area contributed by atoms with Crippen molar-refractivity contribution in [1.29, 1.82) is 0 Å². The summed E-state index contributed by atoms with van der Waals surface area (Å²) in [6, 6.07) is 0. The van der Waals surface area contributed by atoms with E-state index in [1.807, 2.05) is 0 Å². The highest BCUT2D eigenvalue weighted by Crippen LogP contribution is 2.35. The van der Waals surface area contributed by atoms with Gasteiger partial charge in [0.1, 0.15) is 5.78 Å². The molecule has 1 fully saturated rings. The van der Waals surface area contributed by atoms with Crippen molar-refractivity contribution in [2.24, 2.45) is 5.92 Å². The smallest absolute Gasteiger partial charge is 0.132 e. The van der Waals surface area contributed by atoms with Crippen molar-refractivity contribution in [3.63, 3.8) is 0 Å². The molecule has 0 amide bonds. The zero-order valence-electron chi connectivity index (χ0n) is 9.38. The van der Waals surface area contributed by atoms with Crippen LogP contribution in [0.4, 0.5) is 0 Å². The van der Waals surface area contributed by atoms with Gasteiger partial charge in [0.25, 0.3) is 0 Å². The van der Waals surface area contributed by atoms with Crippen LogP contribution < -0.4 is 0 Å². The van der Waals surface area contributed by atoms with E-state index in [4.69, 9.17) is 0 Å². The van der Waals surface area contributed by atoms with Gasteiger partial charge in [-0.15, -0.1) is 0 Å². The Morgan fingerprint density at radius 3 is 2.43 bits per heavy atom. The number of hydrogen-bond donors (Lipinski definition) is 1. The summed E-state index contributed by atoms with van der Waals surface area (Å²) in [6.07, 6.45) is 6.55. The van der Waals surface area contributed by atoms with E-state index in [-0.39, 0.29) is 5.92 Å². The summed E-state index contributed by atoms with van der Waals surface area (Å²) in [5, 5.41) is 10.2. The lowest BCUT2D eigenvalue weighted by Crippen LogP contribution is -2.35. The van der Waals surface area contributed by atoms with Crippen molar-refractivity contribution in [1.82, 2.24) is 0 Å². The number of unbranched alkanes of at least 4 members (excludes halogenated alkanes) is 1. The average Bonchev–Trinajstić information content (AvgIpc) is 2.16. The fourth-order valence-electron chi connectivity index (χ4n) is 2.32. The topological polar surface area (TPSA) is 37.3 Å². The molecule has 2 nitrogen and oxygen atoms in total. The van der Waals surface area contributed by atoms with Crippen LogP contribution in [0.25, 0.3) is 0 Å². The maximum Gasteiger partial charge on any atom is 0.132 e. The molecular formula is C12H22O2. The second kappa shape index (κ2) is 4.92. The Hall–Kier alpha value is -0.370. The monoisotopic (exact) mass is 198 g/mol. The molecule has 0 spiro atoms. The van der Waals surface area contributed by atoms with Gasteiger partial charge in [0.05, 0.1) is 5.60 Å². The lowest BCUT2D eigenvalue weighted by Gasteiger charge is -2.35. The molecule has 0 aromatic carbocycles. The van der Waals surface area contributed by atoms with Gasteiger partial charge in [0, 0.05) is 5.92 Å². The third-order valence-corrected chi connectivity index (χ3v) is 3.49. The van der Waals surface area contributed by atoms with Crippen LogP contribution in [0.2, 0.25) is 0 Å². The molecule has 0 saturated heterocycles. The van der Waals surface area contributed by atoms with Crippen molar-refractivity contribution >= 4 is 5.78 Å². The lowest BCUT2D eigenvalue weighted by atomic mass is 9.75. The fourth-order valence-corrected chi connectivity index (χ4v) is 2.32. The van der Waals surface area contributed by atoms with E-state index in [9.17, 15) is 9.90 Å². The molecule has 1 aliphatic rings. The molecule has 14 heavy (non-hydrogen) atoms. The highest BCUT2D eigenvalue weighted by Gasteiger charge is 2.33. The maximum absolute atomic E-state index is 11.1. The highest BCUT2D eigenvalue weighted by atomic mass is 16.3. The number of carbonyl (C=O) groups is 1. The molecule has 0 aromatic heterocycles. The van der Waals surface area contributed by atoms with E-state index in [0.29, 0.717) is 5.78 Å². The van der Waals surface area contributed by atoms with Crippen LogP contribution in [0.15, 0.2) is 0 Å². The van der Waals surface area contributed by atoms with E-state index in [2.05, 4.69) is 6.92 Å². The molecule has 0 unspecified atom stereocenters. The first kappa shape index (κ1) is 11.7. The number of carbonyl (C=O) groups excluding carboxylic acids is 1. The first-order valence-corrected chi connectivity index (χ1v) is 5.80. The molecule has 1 aliphatic carbocycles. The SMILES string of the molecule is CCCCC1(O)CCC(C(C)=O)CC1. The van der Waals surface area contributed by atoms with Gasteiger partial charge in [-0.3, -0.25) is 4.79 Å². The van der Waals surface area contributed by atoms with Gasteiger partial charge in [0.15, 0.2) is 0 Å². The largest absolute Gasteiger partial charge is 0.390 e. The molecule has 82 valence electrons. The minimum absolute atomic E-state index is 0.219. The Labute approximate surface area is 86.7 Å². The van der Waals surface area contributed by atoms with Gasteiger partial charge in [-0.1, -0.05) is 19.8 Å². The van der Waals surface area contributed by atoms with Gasteiger partial charge in [-0.2, -0.15) is 0 Å². The van der Waals surface area contributed by atoms with Crippen LogP contribution in [-0.2, 0) is 4.79 Å². The Balaban J connectivity index is 2.36. The first-order valence-electron chi connectivity index (χ1n) is 5.80. The average molecular weight is 198 g/mol. The van der Waals surface area contributed by atoms with Crippen LogP contribution in [0, 0.1) is 5.92 Å². The standard InChI is InChI=1S/C12H22O2/c1-3-4-7-12(14)8-5-11(6-9-12)10(2)13/h11,14H,3-9H2,1-2H3. The Morgan fingerprint density at radius 1 is 1.43 bits per heavy atom. The first-order chi connectivity index (χ1) is 6.57. The molecule has 1 saturated carbocycles. The molecule has 0 radical (unpaired) electrons. The minimum Gasteiger partial charge on any atom is -0.390 e. The summed E-state index contributed by atoms with van der Waals surface area (Å²) < 4.78 is 0. The highest BCUT2D eigenvalue weighted by molar-refractivity contribution is 5.78. The molecule has 1 rings (SSSR count). The normalized spacial score (nSPS) is 32.9.